The molecule has 0 bridgehead atoms. The first kappa shape index (κ1) is 15.0. The van der Waals surface area contributed by atoms with Gasteiger partial charge < -0.3 is 10.2 Å². The van der Waals surface area contributed by atoms with E-state index in [1.165, 1.54) is 5.56 Å². The zero-order valence-electron chi connectivity index (χ0n) is 12.6. The van der Waals surface area contributed by atoms with Gasteiger partial charge in [-0.25, -0.2) is 4.98 Å². The van der Waals surface area contributed by atoms with Crippen LogP contribution < -0.4 is 10.2 Å². The molecule has 3 nitrogen and oxygen atoms in total. The Morgan fingerprint density at radius 2 is 1.89 bits per heavy atom. The molecule has 0 fully saturated rings. The van der Waals surface area contributed by atoms with Crippen LogP contribution in [0, 0.1) is 5.92 Å². The summed E-state index contributed by atoms with van der Waals surface area (Å²) in [4.78, 5) is 6.81. The molecule has 0 saturated carbocycles. The third kappa shape index (κ3) is 3.70. The van der Waals surface area contributed by atoms with E-state index in [2.05, 4.69) is 69.0 Å². The second-order valence-corrected chi connectivity index (χ2v) is 5.32. The fraction of sp³-hybridized carbons (Fsp3) is 0.667. The van der Waals surface area contributed by atoms with Gasteiger partial charge in [0, 0.05) is 25.3 Å². The van der Waals surface area contributed by atoms with Crippen molar-refractivity contribution in [3.8, 4) is 0 Å². The lowest BCUT2D eigenvalue weighted by Gasteiger charge is -2.29. The number of hydrogen-bond donors (Lipinski definition) is 1. The van der Waals surface area contributed by atoms with Crippen molar-refractivity contribution in [1.82, 2.24) is 10.3 Å². The van der Waals surface area contributed by atoms with Crippen molar-refractivity contribution in [2.75, 3.05) is 18.5 Å². The largest absolute Gasteiger partial charge is 0.357 e. The quantitative estimate of drug-likeness (QED) is 0.839. The first-order valence-electron chi connectivity index (χ1n) is 6.89. The van der Waals surface area contributed by atoms with Gasteiger partial charge in [0.1, 0.15) is 5.82 Å². The molecule has 18 heavy (non-hydrogen) atoms. The molecule has 3 heteroatoms. The lowest BCUT2D eigenvalue weighted by atomic mass is 10.1. The Morgan fingerprint density at radius 3 is 2.33 bits per heavy atom. The predicted octanol–water partition coefficient (Wildman–Crippen LogP) is 3.23. The molecular weight excluding hydrogens is 222 g/mol. The van der Waals surface area contributed by atoms with Gasteiger partial charge >= 0.3 is 0 Å². The molecule has 1 rings (SSSR count). The Bertz CT molecular complexity index is 345. The minimum Gasteiger partial charge on any atom is -0.357 e. The number of nitrogens with one attached hydrogen (secondary N) is 1. The number of pyridine rings is 1. The Balaban J connectivity index is 2.76. The van der Waals surface area contributed by atoms with Crippen molar-refractivity contribution in [2.24, 2.45) is 5.92 Å². The summed E-state index contributed by atoms with van der Waals surface area (Å²) in [6.07, 6.45) is 1.98. The Labute approximate surface area is 112 Å². The number of nitrogens with zero attached hydrogens (tertiary/aromatic N) is 2. The van der Waals surface area contributed by atoms with Gasteiger partial charge in [-0.05, 0) is 37.9 Å². The summed E-state index contributed by atoms with van der Waals surface area (Å²) >= 11 is 0. The van der Waals surface area contributed by atoms with Crippen LogP contribution in [0.2, 0.25) is 0 Å². The summed E-state index contributed by atoms with van der Waals surface area (Å²) in [6.45, 7) is 12.0. The maximum Gasteiger partial charge on any atom is 0.128 e. The van der Waals surface area contributed by atoms with Crippen molar-refractivity contribution < 1.29 is 0 Å². The highest BCUT2D eigenvalue weighted by Crippen LogP contribution is 2.19. The topological polar surface area (TPSA) is 28.2 Å². The summed E-state index contributed by atoms with van der Waals surface area (Å²) in [6, 6.07) is 5.14. The van der Waals surface area contributed by atoms with Crippen LogP contribution in [0.3, 0.4) is 0 Å². The molecule has 2 atom stereocenters. The van der Waals surface area contributed by atoms with Crippen molar-refractivity contribution >= 4 is 5.82 Å². The zero-order chi connectivity index (χ0) is 13.7. The molecule has 1 heterocycles. The highest BCUT2D eigenvalue weighted by Gasteiger charge is 2.14. The second kappa shape index (κ2) is 6.74. The van der Waals surface area contributed by atoms with Gasteiger partial charge in [-0.3, -0.25) is 0 Å². The molecule has 0 aliphatic carbocycles. The van der Waals surface area contributed by atoms with Gasteiger partial charge in [0.05, 0.1) is 0 Å². The van der Waals surface area contributed by atoms with E-state index in [4.69, 9.17) is 0 Å². The van der Waals surface area contributed by atoms with Gasteiger partial charge in [-0.2, -0.15) is 0 Å². The highest BCUT2D eigenvalue weighted by atomic mass is 15.2. The summed E-state index contributed by atoms with van der Waals surface area (Å²) < 4.78 is 0. The standard InChI is InChI=1S/C15H27N3/c1-7-16-12(4)14-8-9-15(17-10-14)18(6)13(5)11(2)3/h8-13,16H,7H2,1-6H3. The average molecular weight is 249 g/mol. The summed E-state index contributed by atoms with van der Waals surface area (Å²) in [5.74, 6) is 1.67. The minimum absolute atomic E-state index is 0.365. The van der Waals surface area contributed by atoms with Crippen molar-refractivity contribution in [3.05, 3.63) is 23.9 Å². The summed E-state index contributed by atoms with van der Waals surface area (Å²) in [5.41, 5.74) is 1.24. The van der Waals surface area contributed by atoms with E-state index in [0.29, 0.717) is 18.0 Å². The predicted molar refractivity (Wildman–Crippen MR) is 79.0 cm³/mol. The normalized spacial score (nSPS) is 14.6. The zero-order valence-corrected chi connectivity index (χ0v) is 12.6. The Hall–Kier alpha value is -1.09. The van der Waals surface area contributed by atoms with Crippen LogP contribution in [0.4, 0.5) is 5.82 Å². The third-order valence-electron chi connectivity index (χ3n) is 3.72. The smallest absolute Gasteiger partial charge is 0.128 e. The molecule has 1 aromatic rings. The van der Waals surface area contributed by atoms with Crippen LogP contribution >= 0.6 is 0 Å². The Kier molecular flexibility index (Phi) is 5.60. The van der Waals surface area contributed by atoms with Crippen molar-refractivity contribution in [2.45, 2.75) is 46.7 Å². The van der Waals surface area contributed by atoms with E-state index in [1.807, 2.05) is 6.20 Å². The van der Waals surface area contributed by atoms with Gasteiger partial charge in [0.2, 0.25) is 0 Å². The van der Waals surface area contributed by atoms with Crippen LogP contribution in [0.25, 0.3) is 0 Å². The summed E-state index contributed by atoms with van der Waals surface area (Å²) in [7, 11) is 2.11. The first-order chi connectivity index (χ1) is 8.47. The number of aromatic nitrogens is 1. The molecule has 0 radical (unpaired) electrons. The van der Waals surface area contributed by atoms with E-state index in [-0.39, 0.29) is 0 Å². The molecule has 0 spiro atoms. The van der Waals surface area contributed by atoms with E-state index in [9.17, 15) is 0 Å². The molecule has 0 aromatic carbocycles. The molecular formula is C15H27N3. The number of hydrogen-bond acceptors (Lipinski definition) is 3. The van der Waals surface area contributed by atoms with Gasteiger partial charge in [-0.1, -0.05) is 26.8 Å². The molecule has 1 N–H and O–H groups in total. The van der Waals surface area contributed by atoms with Crippen LogP contribution in [-0.2, 0) is 0 Å². The van der Waals surface area contributed by atoms with Gasteiger partial charge in [-0.15, -0.1) is 0 Å². The maximum atomic E-state index is 4.57. The average Bonchev–Trinajstić information content (AvgIpc) is 2.37. The van der Waals surface area contributed by atoms with E-state index in [1.54, 1.807) is 0 Å². The van der Waals surface area contributed by atoms with E-state index < -0.39 is 0 Å². The minimum atomic E-state index is 0.365. The van der Waals surface area contributed by atoms with Crippen LogP contribution in [0.5, 0.6) is 0 Å². The van der Waals surface area contributed by atoms with Gasteiger partial charge in [0.15, 0.2) is 0 Å². The second-order valence-electron chi connectivity index (χ2n) is 5.32. The van der Waals surface area contributed by atoms with Crippen molar-refractivity contribution in [1.29, 1.82) is 0 Å². The van der Waals surface area contributed by atoms with Gasteiger partial charge in [0.25, 0.3) is 0 Å². The van der Waals surface area contributed by atoms with Crippen LogP contribution in [-0.4, -0.2) is 24.6 Å². The molecule has 2 unspecified atom stereocenters. The molecule has 1 aromatic heterocycles. The molecule has 0 aliphatic heterocycles. The Morgan fingerprint density at radius 1 is 1.22 bits per heavy atom. The molecule has 0 aliphatic rings. The van der Waals surface area contributed by atoms with Crippen LogP contribution in [0.1, 0.15) is 46.2 Å². The monoisotopic (exact) mass is 249 g/mol. The molecule has 0 saturated heterocycles. The van der Waals surface area contributed by atoms with E-state index in [0.717, 1.165) is 12.4 Å². The highest BCUT2D eigenvalue weighted by molar-refractivity contribution is 5.40. The van der Waals surface area contributed by atoms with Crippen molar-refractivity contribution in [3.63, 3.8) is 0 Å². The fourth-order valence-corrected chi connectivity index (χ4v) is 1.94. The lowest BCUT2D eigenvalue weighted by Crippen LogP contribution is -2.33. The fourth-order valence-electron chi connectivity index (χ4n) is 1.94. The maximum absolute atomic E-state index is 4.57. The SMILES string of the molecule is CCNC(C)c1ccc(N(C)C(C)C(C)C)nc1. The molecule has 102 valence electrons. The van der Waals surface area contributed by atoms with Crippen LogP contribution in [0.15, 0.2) is 18.3 Å². The first-order valence-corrected chi connectivity index (χ1v) is 6.89. The number of anilines is 1. The molecule has 0 amide bonds. The lowest BCUT2D eigenvalue weighted by molar-refractivity contribution is 0.502. The summed E-state index contributed by atoms with van der Waals surface area (Å²) in [5, 5.41) is 3.40. The van der Waals surface area contributed by atoms with E-state index >= 15 is 0 Å². The number of rotatable bonds is 6. The third-order valence-corrected chi connectivity index (χ3v) is 3.72.